The van der Waals surface area contributed by atoms with Gasteiger partial charge in [-0.1, -0.05) is 12.6 Å². The van der Waals surface area contributed by atoms with Gasteiger partial charge in [0.1, 0.15) is 34.3 Å². The average molecular weight is 641 g/mol. The minimum absolute atomic E-state index is 0.0272. The lowest BCUT2D eigenvalue weighted by molar-refractivity contribution is -0.130. The fourth-order valence-corrected chi connectivity index (χ4v) is 6.27. The number of hydrogen-bond acceptors (Lipinski definition) is 10. The molecule has 3 fully saturated rings. The lowest BCUT2D eigenvalue weighted by atomic mass is 9.91. The van der Waals surface area contributed by atoms with Crippen LogP contribution in [-0.2, 0) is 15.1 Å². The molecule has 2 amide bonds. The van der Waals surface area contributed by atoms with Gasteiger partial charge in [-0.15, -0.1) is 0 Å². The van der Waals surface area contributed by atoms with Gasteiger partial charge in [-0.05, 0) is 82.8 Å². The first-order valence-electron chi connectivity index (χ1n) is 16.3. The first-order chi connectivity index (χ1) is 22.6. The largest absolute Gasteiger partial charge is 0.481 e. The number of pyridine rings is 2. The van der Waals surface area contributed by atoms with Gasteiger partial charge in [0, 0.05) is 50.2 Å². The van der Waals surface area contributed by atoms with Crippen LogP contribution in [0.5, 0.6) is 5.75 Å². The monoisotopic (exact) mass is 640 g/mol. The molecule has 1 aliphatic carbocycles. The Morgan fingerprint density at radius 2 is 1.91 bits per heavy atom. The Kier molecular flexibility index (Phi) is 9.36. The Balaban J connectivity index is 1.33. The molecule has 47 heavy (non-hydrogen) atoms. The van der Waals surface area contributed by atoms with Crippen molar-refractivity contribution in [2.45, 2.75) is 64.1 Å². The van der Waals surface area contributed by atoms with Crippen molar-refractivity contribution >= 4 is 17.6 Å². The number of rotatable bonds is 11. The first-order valence-corrected chi connectivity index (χ1v) is 16.3. The lowest BCUT2D eigenvalue weighted by Crippen LogP contribution is -2.57. The average Bonchev–Trinajstić information content (AvgIpc) is 3.89. The fraction of sp³-hybridized carbons (Fsp3) is 0.486. The zero-order chi connectivity index (χ0) is 33.3. The summed E-state index contributed by atoms with van der Waals surface area (Å²) in [6, 6.07) is 6.14. The van der Waals surface area contributed by atoms with Crippen LogP contribution < -0.4 is 15.4 Å². The predicted molar refractivity (Wildman–Crippen MR) is 177 cm³/mol. The third-order valence-electron chi connectivity index (χ3n) is 9.40. The lowest BCUT2D eigenvalue weighted by Gasteiger charge is -2.42. The van der Waals surface area contributed by atoms with Crippen LogP contribution in [0.4, 0.5) is 5.82 Å². The number of nitrogens with zero attached hydrogens (tertiary/aromatic N) is 6. The van der Waals surface area contributed by atoms with Crippen LogP contribution in [0.3, 0.4) is 0 Å². The van der Waals surface area contributed by atoms with E-state index in [1.54, 1.807) is 13.1 Å². The molecule has 0 spiro atoms. The second kappa shape index (κ2) is 13.5. The summed E-state index contributed by atoms with van der Waals surface area (Å²) in [5.74, 6) is 1.76. The number of amides is 2. The molecule has 0 radical (unpaired) electrons. The van der Waals surface area contributed by atoms with Crippen molar-refractivity contribution in [1.29, 1.82) is 0 Å². The number of likely N-dealkylation sites (N-methyl/N-ethyl adjacent to an activating group) is 1. The molecule has 2 aliphatic heterocycles. The minimum Gasteiger partial charge on any atom is -0.481 e. The maximum absolute atomic E-state index is 13.6. The zero-order valence-corrected chi connectivity index (χ0v) is 27.9. The highest BCUT2D eigenvalue weighted by atomic mass is 16.5. The number of aromatic nitrogens is 4. The molecule has 0 aromatic carbocycles. The quantitative estimate of drug-likeness (QED) is 0.300. The Morgan fingerprint density at radius 1 is 1.13 bits per heavy atom. The van der Waals surface area contributed by atoms with E-state index >= 15 is 0 Å². The standard InChI is InChI=1S/C35H44N8O4/c1-7-30(44)43-13-12-42(17-23(43)4)18-29(27-11-10-26(16-38-27)25-8-9-25)47-28-14-21(2)31(40-32(28)35(36-6)19-46-20-35)34(45)41-33-22(3)15-37-24(5)39-33/h7,10-11,14-16,23,25,29,36H,1,8-9,12-13,17-20H2,2-6H3,(H,37,39,41,45)/t23-,29-/m1/s1. The van der Waals surface area contributed by atoms with Gasteiger partial charge in [0.2, 0.25) is 5.91 Å². The highest BCUT2D eigenvalue weighted by molar-refractivity contribution is 6.03. The molecule has 0 unspecified atom stereocenters. The summed E-state index contributed by atoms with van der Waals surface area (Å²) >= 11 is 0. The Hall–Kier alpha value is -4.26. The third kappa shape index (κ3) is 6.90. The van der Waals surface area contributed by atoms with E-state index in [0.717, 1.165) is 11.3 Å². The van der Waals surface area contributed by atoms with Gasteiger partial charge in [-0.25, -0.2) is 15.0 Å². The van der Waals surface area contributed by atoms with Gasteiger partial charge in [0.15, 0.2) is 6.10 Å². The van der Waals surface area contributed by atoms with Crippen molar-refractivity contribution in [1.82, 2.24) is 35.1 Å². The van der Waals surface area contributed by atoms with Gasteiger partial charge in [-0.2, -0.15) is 0 Å². The maximum atomic E-state index is 13.6. The van der Waals surface area contributed by atoms with E-state index in [1.165, 1.54) is 24.5 Å². The number of nitrogens with one attached hydrogen (secondary N) is 2. The molecule has 12 nitrogen and oxygen atoms in total. The van der Waals surface area contributed by atoms with E-state index in [0.29, 0.717) is 74.0 Å². The van der Waals surface area contributed by atoms with E-state index in [2.05, 4.69) is 51.1 Å². The minimum atomic E-state index is -0.627. The normalized spacial score (nSPS) is 19.9. The van der Waals surface area contributed by atoms with Crippen LogP contribution in [0.1, 0.15) is 76.2 Å². The molecule has 0 bridgehead atoms. The van der Waals surface area contributed by atoms with Gasteiger partial charge < -0.3 is 25.0 Å². The molecule has 6 rings (SSSR count). The molecule has 3 aromatic heterocycles. The van der Waals surface area contributed by atoms with Gasteiger partial charge in [-0.3, -0.25) is 19.5 Å². The SMILES string of the molecule is C=CC(=O)N1CCN(C[C@@H](Oc2cc(C)c(C(=O)Nc3nc(C)ncc3C)nc2C2(NC)COC2)c2ccc(C3CC3)cn2)C[C@H]1C. The van der Waals surface area contributed by atoms with Crippen molar-refractivity contribution in [2.24, 2.45) is 0 Å². The summed E-state index contributed by atoms with van der Waals surface area (Å²) in [6.07, 6.45) is 7.00. The predicted octanol–water partition coefficient (Wildman–Crippen LogP) is 3.61. The van der Waals surface area contributed by atoms with Crippen LogP contribution >= 0.6 is 0 Å². The smallest absolute Gasteiger partial charge is 0.275 e. The second-order valence-corrected chi connectivity index (χ2v) is 13.0. The first kappa shape index (κ1) is 32.7. The Morgan fingerprint density at radius 3 is 2.53 bits per heavy atom. The zero-order valence-electron chi connectivity index (χ0n) is 27.9. The van der Waals surface area contributed by atoms with E-state index in [9.17, 15) is 9.59 Å². The van der Waals surface area contributed by atoms with Crippen LogP contribution in [0.25, 0.3) is 0 Å². The molecule has 12 heteroatoms. The Bertz CT molecular complexity index is 1650. The molecule has 5 heterocycles. The molecular formula is C35H44N8O4. The number of hydrogen-bond donors (Lipinski definition) is 2. The molecule has 3 aromatic rings. The van der Waals surface area contributed by atoms with Crippen LogP contribution in [-0.4, -0.2) is 94.0 Å². The number of carbonyl (C=O) groups is 2. The number of carbonyl (C=O) groups excluding carboxylic acids is 2. The van der Waals surface area contributed by atoms with Crippen molar-refractivity contribution in [3.05, 3.63) is 82.8 Å². The summed E-state index contributed by atoms with van der Waals surface area (Å²) < 4.78 is 12.6. The van der Waals surface area contributed by atoms with E-state index in [1.807, 2.05) is 38.1 Å². The highest BCUT2D eigenvalue weighted by Gasteiger charge is 2.44. The second-order valence-electron chi connectivity index (χ2n) is 13.0. The van der Waals surface area contributed by atoms with Gasteiger partial charge >= 0.3 is 0 Å². The molecule has 2 N–H and O–H groups in total. The van der Waals surface area contributed by atoms with E-state index in [4.69, 9.17) is 19.4 Å². The third-order valence-corrected chi connectivity index (χ3v) is 9.40. The number of aryl methyl sites for hydroxylation is 3. The highest BCUT2D eigenvalue weighted by Crippen LogP contribution is 2.41. The van der Waals surface area contributed by atoms with Gasteiger partial charge in [0.05, 0.1) is 18.9 Å². The number of ether oxygens (including phenoxy) is 2. The molecule has 3 aliphatic rings. The Labute approximate surface area is 276 Å². The van der Waals surface area contributed by atoms with Gasteiger partial charge in [0.25, 0.3) is 5.91 Å². The summed E-state index contributed by atoms with van der Waals surface area (Å²) in [6.45, 7) is 14.5. The van der Waals surface area contributed by atoms with E-state index in [-0.39, 0.29) is 23.6 Å². The van der Waals surface area contributed by atoms with Crippen LogP contribution in [0.2, 0.25) is 0 Å². The molecule has 2 saturated heterocycles. The van der Waals surface area contributed by atoms with Crippen molar-refractivity contribution in [3.63, 3.8) is 0 Å². The molecular weight excluding hydrogens is 596 g/mol. The molecule has 2 atom stereocenters. The fourth-order valence-electron chi connectivity index (χ4n) is 6.27. The van der Waals surface area contributed by atoms with E-state index < -0.39 is 11.6 Å². The topological polar surface area (TPSA) is 135 Å². The van der Waals surface area contributed by atoms with Crippen molar-refractivity contribution < 1.29 is 19.1 Å². The summed E-state index contributed by atoms with van der Waals surface area (Å²) in [5.41, 5.74) is 3.75. The van der Waals surface area contributed by atoms with Crippen LogP contribution in [0.15, 0.2) is 43.2 Å². The molecule has 1 saturated carbocycles. The number of piperazine rings is 1. The van der Waals surface area contributed by atoms with Crippen molar-refractivity contribution in [2.75, 3.05) is 51.8 Å². The van der Waals surface area contributed by atoms with Crippen molar-refractivity contribution in [3.8, 4) is 5.75 Å². The maximum Gasteiger partial charge on any atom is 0.275 e. The summed E-state index contributed by atoms with van der Waals surface area (Å²) in [4.78, 5) is 48.7. The molecule has 248 valence electrons. The number of anilines is 1. The summed E-state index contributed by atoms with van der Waals surface area (Å²) in [7, 11) is 1.86. The summed E-state index contributed by atoms with van der Waals surface area (Å²) in [5, 5.41) is 6.30. The van der Waals surface area contributed by atoms with Crippen LogP contribution in [0, 0.1) is 20.8 Å².